The lowest BCUT2D eigenvalue weighted by atomic mass is 10.1. The Balaban J connectivity index is 3.40. The second-order valence-corrected chi connectivity index (χ2v) is 4.85. The van der Waals surface area contributed by atoms with E-state index in [2.05, 4.69) is 27.7 Å². The van der Waals surface area contributed by atoms with Crippen LogP contribution in [0.25, 0.3) is 0 Å². The summed E-state index contributed by atoms with van der Waals surface area (Å²) in [6.45, 7) is 9.56. The molecule has 86 valence electrons. The molecule has 14 heavy (non-hydrogen) atoms. The molecule has 0 aromatic carbocycles. The van der Waals surface area contributed by atoms with E-state index in [0.29, 0.717) is 25.0 Å². The van der Waals surface area contributed by atoms with Gasteiger partial charge in [-0.15, -0.1) is 0 Å². The van der Waals surface area contributed by atoms with E-state index in [0.717, 1.165) is 12.8 Å². The van der Waals surface area contributed by atoms with Crippen LogP contribution in [0.1, 0.15) is 40.5 Å². The molecule has 0 fully saturated rings. The summed E-state index contributed by atoms with van der Waals surface area (Å²) in [5.74, 6) is 0.971. The van der Waals surface area contributed by atoms with Gasteiger partial charge in [-0.05, 0) is 11.8 Å². The van der Waals surface area contributed by atoms with Crippen LogP contribution in [0.3, 0.4) is 0 Å². The zero-order valence-corrected chi connectivity index (χ0v) is 10.6. The van der Waals surface area contributed by atoms with E-state index >= 15 is 0 Å². The van der Waals surface area contributed by atoms with Crippen LogP contribution in [0.15, 0.2) is 0 Å². The molecule has 1 N–H and O–H groups in total. The molecule has 0 bridgehead atoms. The molecule has 4 heteroatoms. The number of hydrogen-bond donors (Lipinski definition) is 1. The van der Waals surface area contributed by atoms with Gasteiger partial charge < -0.3 is 13.9 Å². The average Bonchev–Trinajstić information content (AvgIpc) is 2.22. The lowest BCUT2D eigenvalue weighted by Crippen LogP contribution is -2.05. The summed E-state index contributed by atoms with van der Waals surface area (Å²) >= 11 is 0. The molecule has 0 saturated carbocycles. The molecular formula is C10H23O3P. The van der Waals surface area contributed by atoms with Crippen LogP contribution in [-0.4, -0.2) is 18.1 Å². The van der Waals surface area contributed by atoms with Gasteiger partial charge in [0.2, 0.25) is 0 Å². The van der Waals surface area contributed by atoms with E-state index in [1.807, 2.05) is 0 Å². The smallest absolute Gasteiger partial charge is 0.328 e. The highest BCUT2D eigenvalue weighted by Gasteiger charge is 2.10. The molecule has 2 unspecified atom stereocenters. The van der Waals surface area contributed by atoms with Gasteiger partial charge in [-0.25, -0.2) is 0 Å². The first-order valence-corrected chi connectivity index (χ1v) is 6.47. The van der Waals surface area contributed by atoms with Crippen molar-refractivity contribution in [2.45, 2.75) is 40.5 Å². The quantitative estimate of drug-likeness (QED) is 0.640. The first-order valence-electron chi connectivity index (χ1n) is 5.34. The Morgan fingerprint density at radius 2 is 1.36 bits per heavy atom. The maximum Gasteiger partial charge on any atom is 0.329 e. The Morgan fingerprint density at radius 3 is 1.64 bits per heavy atom. The zero-order chi connectivity index (χ0) is 11.0. The Labute approximate surface area is 88.8 Å². The van der Waals surface area contributed by atoms with Crippen molar-refractivity contribution in [3.05, 3.63) is 0 Å². The normalized spacial score (nSPS) is 17.8. The SMILES string of the molecule is CCC(C)COP(O)OCC(C)CC. The van der Waals surface area contributed by atoms with E-state index in [1.54, 1.807) is 0 Å². The van der Waals surface area contributed by atoms with E-state index < -0.39 is 8.60 Å². The molecule has 0 saturated heterocycles. The van der Waals surface area contributed by atoms with Gasteiger partial charge in [-0.1, -0.05) is 40.5 Å². The molecule has 3 nitrogen and oxygen atoms in total. The van der Waals surface area contributed by atoms with Crippen molar-refractivity contribution in [2.24, 2.45) is 11.8 Å². The molecule has 0 spiro atoms. The summed E-state index contributed by atoms with van der Waals surface area (Å²) < 4.78 is 10.4. The number of hydrogen-bond acceptors (Lipinski definition) is 3. The fourth-order valence-corrected chi connectivity index (χ4v) is 1.49. The van der Waals surface area contributed by atoms with Crippen molar-refractivity contribution in [1.82, 2.24) is 0 Å². The Bertz CT molecular complexity index is 119. The molecule has 2 atom stereocenters. The van der Waals surface area contributed by atoms with Gasteiger partial charge in [0, 0.05) is 0 Å². The molecule has 0 aliphatic rings. The summed E-state index contributed by atoms with van der Waals surface area (Å²) in [4.78, 5) is 9.36. The second-order valence-electron chi connectivity index (χ2n) is 3.86. The highest BCUT2D eigenvalue weighted by atomic mass is 31.2. The molecule has 0 aromatic rings. The molecule has 0 radical (unpaired) electrons. The molecule has 0 aliphatic carbocycles. The van der Waals surface area contributed by atoms with E-state index in [9.17, 15) is 4.89 Å². The minimum Gasteiger partial charge on any atom is -0.328 e. The van der Waals surface area contributed by atoms with Crippen molar-refractivity contribution < 1.29 is 13.9 Å². The second kappa shape index (κ2) is 8.60. The van der Waals surface area contributed by atoms with Crippen molar-refractivity contribution in [3.63, 3.8) is 0 Å². The first-order chi connectivity index (χ1) is 6.60. The van der Waals surface area contributed by atoms with E-state index in [-0.39, 0.29) is 0 Å². The van der Waals surface area contributed by atoms with Gasteiger partial charge in [-0.2, -0.15) is 0 Å². The summed E-state index contributed by atoms with van der Waals surface area (Å²) in [7, 11) is -1.66. The van der Waals surface area contributed by atoms with Gasteiger partial charge in [0.05, 0.1) is 13.2 Å². The van der Waals surface area contributed by atoms with Gasteiger partial charge in [0.25, 0.3) is 0 Å². The van der Waals surface area contributed by atoms with Crippen molar-refractivity contribution >= 4 is 8.60 Å². The topological polar surface area (TPSA) is 38.7 Å². The Kier molecular flexibility index (Phi) is 8.80. The molecule has 0 aliphatic heterocycles. The predicted octanol–water partition coefficient (Wildman–Crippen LogP) is 3.33. The van der Waals surface area contributed by atoms with Gasteiger partial charge >= 0.3 is 8.60 Å². The molecule has 0 heterocycles. The van der Waals surface area contributed by atoms with E-state index in [4.69, 9.17) is 9.05 Å². The van der Waals surface area contributed by atoms with Crippen molar-refractivity contribution in [1.29, 1.82) is 0 Å². The first kappa shape index (κ1) is 14.3. The lowest BCUT2D eigenvalue weighted by Gasteiger charge is -2.15. The molecule has 0 aromatic heterocycles. The van der Waals surface area contributed by atoms with Crippen molar-refractivity contribution in [3.8, 4) is 0 Å². The highest BCUT2D eigenvalue weighted by Crippen LogP contribution is 2.34. The van der Waals surface area contributed by atoms with Crippen LogP contribution in [0.5, 0.6) is 0 Å². The zero-order valence-electron chi connectivity index (χ0n) is 9.69. The van der Waals surface area contributed by atoms with E-state index in [1.165, 1.54) is 0 Å². The minimum atomic E-state index is -1.66. The fraction of sp³-hybridized carbons (Fsp3) is 1.00. The summed E-state index contributed by atoms with van der Waals surface area (Å²) in [5, 5.41) is 0. The van der Waals surface area contributed by atoms with Gasteiger partial charge in [0.15, 0.2) is 0 Å². The Hall–Kier alpha value is 0.310. The third-order valence-corrected chi connectivity index (χ3v) is 3.07. The summed E-state index contributed by atoms with van der Waals surface area (Å²) in [5.41, 5.74) is 0. The van der Waals surface area contributed by atoms with Crippen LogP contribution >= 0.6 is 8.60 Å². The van der Waals surface area contributed by atoms with Crippen LogP contribution in [0.4, 0.5) is 0 Å². The standard InChI is InChI=1S/C10H23O3P/c1-5-9(3)7-12-14(11)13-8-10(4)6-2/h9-11H,5-8H2,1-4H3. The largest absolute Gasteiger partial charge is 0.329 e. The predicted molar refractivity (Wildman–Crippen MR) is 60.0 cm³/mol. The monoisotopic (exact) mass is 222 g/mol. The van der Waals surface area contributed by atoms with Crippen LogP contribution in [-0.2, 0) is 9.05 Å². The third-order valence-electron chi connectivity index (χ3n) is 2.33. The third kappa shape index (κ3) is 7.69. The van der Waals surface area contributed by atoms with Crippen LogP contribution in [0, 0.1) is 11.8 Å². The van der Waals surface area contributed by atoms with Gasteiger partial charge in [0.1, 0.15) is 0 Å². The molecule has 0 rings (SSSR count). The summed E-state index contributed by atoms with van der Waals surface area (Å²) in [6.07, 6.45) is 2.13. The fourth-order valence-electron chi connectivity index (χ4n) is 0.655. The highest BCUT2D eigenvalue weighted by molar-refractivity contribution is 7.40. The molecule has 0 amide bonds. The molecular weight excluding hydrogens is 199 g/mol. The average molecular weight is 222 g/mol. The van der Waals surface area contributed by atoms with Crippen LogP contribution < -0.4 is 0 Å². The van der Waals surface area contributed by atoms with Gasteiger partial charge in [-0.3, -0.25) is 0 Å². The summed E-state index contributed by atoms with van der Waals surface area (Å²) in [6, 6.07) is 0. The van der Waals surface area contributed by atoms with Crippen LogP contribution in [0.2, 0.25) is 0 Å². The lowest BCUT2D eigenvalue weighted by molar-refractivity contribution is 0.161. The van der Waals surface area contributed by atoms with Crippen molar-refractivity contribution in [2.75, 3.05) is 13.2 Å². The minimum absolute atomic E-state index is 0.486. The Morgan fingerprint density at radius 1 is 1.00 bits per heavy atom. The maximum atomic E-state index is 9.36. The maximum absolute atomic E-state index is 9.36. The number of rotatable bonds is 8.